The fourth-order valence-electron chi connectivity index (χ4n) is 11.0. The van der Waals surface area contributed by atoms with Crippen molar-refractivity contribution in [1.29, 1.82) is 0 Å². The number of carbonyl (C=O) groups is 6. The van der Waals surface area contributed by atoms with Gasteiger partial charge in [0.15, 0.2) is 5.82 Å². The van der Waals surface area contributed by atoms with Crippen LogP contribution in [0, 0.1) is 11.6 Å². The lowest BCUT2D eigenvalue weighted by Gasteiger charge is -2.36. The third-order valence-electron chi connectivity index (χ3n) is 15.3. The van der Waals surface area contributed by atoms with Gasteiger partial charge in [-0.3, -0.25) is 48.8 Å². The Balaban J connectivity index is 0.611. The highest BCUT2D eigenvalue weighted by Gasteiger charge is 2.45. The van der Waals surface area contributed by atoms with Crippen molar-refractivity contribution in [3.05, 3.63) is 124 Å². The molecule has 6 heterocycles. The molecule has 0 radical (unpaired) electrons. The van der Waals surface area contributed by atoms with Gasteiger partial charge in [0.05, 0.1) is 34.9 Å². The number of piperidine rings is 1. The number of halogens is 2. The van der Waals surface area contributed by atoms with Crippen LogP contribution in [0.15, 0.2) is 79.0 Å². The van der Waals surface area contributed by atoms with Gasteiger partial charge in [-0.2, -0.15) is 5.10 Å². The summed E-state index contributed by atoms with van der Waals surface area (Å²) in [4.78, 5) is 83.2. The number of aryl methyl sites for hydroxylation is 1. The van der Waals surface area contributed by atoms with E-state index >= 15 is 0 Å². The Bertz CT molecular complexity index is 3200. The topological polar surface area (TPSA) is 229 Å². The summed E-state index contributed by atoms with van der Waals surface area (Å²) < 4.78 is 35.3. The molecule has 4 aliphatic heterocycles. The number of nitrogens with one attached hydrogen (secondary N) is 5. The number of nitrogens with zero attached hydrogens (tertiary/aromatic N) is 7. The van der Waals surface area contributed by atoms with E-state index in [1.54, 1.807) is 18.2 Å². The average Bonchev–Trinajstić information content (AvgIpc) is 4.14. The van der Waals surface area contributed by atoms with Gasteiger partial charge < -0.3 is 30.5 Å². The van der Waals surface area contributed by atoms with Gasteiger partial charge in [-0.15, -0.1) is 5.10 Å². The Morgan fingerprint density at radius 1 is 0.759 bits per heavy atom. The number of aromatic amines is 1. The number of unbranched alkanes of at least 4 members (excludes halogenated alkanes) is 8. The number of amides is 6. The number of fused-ring (bicyclic) bond motifs is 2. The summed E-state index contributed by atoms with van der Waals surface area (Å²) in [7, 11) is 0. The van der Waals surface area contributed by atoms with E-state index in [4.69, 9.17) is 4.74 Å². The number of carbonyl (C=O) groups excluding carboxylic acids is 6. The zero-order valence-corrected chi connectivity index (χ0v) is 44.2. The molecular formula is C58H66F2N12O7. The molecule has 19 nitrogen and oxygen atoms in total. The van der Waals surface area contributed by atoms with Crippen LogP contribution in [0.25, 0.3) is 10.9 Å². The van der Waals surface area contributed by atoms with Crippen LogP contribution in [0.1, 0.15) is 138 Å². The minimum Gasteiger partial charge on any atom is -0.381 e. The van der Waals surface area contributed by atoms with Crippen LogP contribution in [-0.2, 0) is 38.6 Å². The van der Waals surface area contributed by atoms with Gasteiger partial charge in [0, 0.05) is 93.3 Å². The molecule has 0 aliphatic carbocycles. The molecule has 0 saturated carbocycles. The third kappa shape index (κ3) is 13.3. The first kappa shape index (κ1) is 54.3. The van der Waals surface area contributed by atoms with E-state index in [1.165, 1.54) is 12.1 Å². The molecule has 1 atom stereocenters. The predicted molar refractivity (Wildman–Crippen MR) is 293 cm³/mol. The monoisotopic (exact) mass is 1080 g/mol. The fourth-order valence-corrected chi connectivity index (χ4v) is 11.0. The van der Waals surface area contributed by atoms with E-state index in [1.807, 2.05) is 52.2 Å². The van der Waals surface area contributed by atoms with Gasteiger partial charge in [0.25, 0.3) is 17.7 Å². The highest BCUT2D eigenvalue weighted by Crippen LogP contribution is 2.34. The smallest absolute Gasteiger partial charge is 0.264 e. The second-order valence-corrected chi connectivity index (χ2v) is 20.9. The van der Waals surface area contributed by atoms with Gasteiger partial charge >= 0.3 is 0 Å². The number of aromatic nitrogens is 5. The summed E-state index contributed by atoms with van der Waals surface area (Å²) in [5, 5.41) is 28.7. The van der Waals surface area contributed by atoms with Crippen LogP contribution in [0.3, 0.4) is 0 Å². The molecule has 1 unspecified atom stereocenters. The number of imide groups is 2. The van der Waals surface area contributed by atoms with Crippen LogP contribution < -0.4 is 26.2 Å². The zero-order chi connectivity index (χ0) is 54.8. The van der Waals surface area contributed by atoms with Crippen molar-refractivity contribution >= 4 is 69.2 Å². The molecule has 3 fully saturated rings. The van der Waals surface area contributed by atoms with Crippen molar-refractivity contribution in [2.24, 2.45) is 0 Å². The number of piperazine rings is 1. The summed E-state index contributed by atoms with van der Waals surface area (Å²) in [5.74, 6) is -3.25. The molecule has 4 aliphatic rings. The Morgan fingerprint density at radius 3 is 2.27 bits per heavy atom. The Kier molecular flexibility index (Phi) is 17.3. The van der Waals surface area contributed by atoms with Gasteiger partial charge in [0.1, 0.15) is 23.4 Å². The first-order valence-electron chi connectivity index (χ1n) is 27.7. The quantitative estimate of drug-likeness (QED) is 0.0302. The highest BCUT2D eigenvalue weighted by molar-refractivity contribution is 6.25. The number of benzene rings is 4. The molecule has 79 heavy (non-hydrogen) atoms. The molecule has 0 bridgehead atoms. The largest absolute Gasteiger partial charge is 0.381 e. The summed E-state index contributed by atoms with van der Waals surface area (Å²) in [5.41, 5.74) is 5.71. The van der Waals surface area contributed by atoms with E-state index in [-0.39, 0.29) is 48.4 Å². The number of ether oxygens (including phenoxy) is 1. The minimum atomic E-state index is -1.03. The SMILES string of the molecule is O=C1CCC(N2C(=O)c3cccc(NCc4cn(CCCCCCCCCCCC(=O)N5CCN(c6ccc(C(=O)Nc7n[nH]c8ccc(Cc9cc(F)cc(F)c9)cc78)c(NC7CCOCC7)c6)CC5)nn4)c3C2=O)C(=O)N1. The van der Waals surface area contributed by atoms with Crippen molar-refractivity contribution in [1.82, 2.24) is 40.3 Å². The molecular weight excluding hydrogens is 1010 g/mol. The summed E-state index contributed by atoms with van der Waals surface area (Å²) >= 11 is 0. The normalized spacial score (nSPS) is 16.9. The lowest BCUT2D eigenvalue weighted by molar-refractivity contribution is -0.136. The van der Waals surface area contributed by atoms with Crippen molar-refractivity contribution in [3.8, 4) is 0 Å². The van der Waals surface area contributed by atoms with E-state index in [0.717, 1.165) is 99.4 Å². The fraction of sp³-hybridized carbons (Fsp3) is 0.431. The zero-order valence-electron chi connectivity index (χ0n) is 44.2. The Labute approximate surface area is 456 Å². The average molecular weight is 1080 g/mol. The molecule has 10 rings (SSSR count). The van der Waals surface area contributed by atoms with Crippen LogP contribution >= 0.6 is 0 Å². The number of hydrogen-bond acceptors (Lipinski definition) is 13. The highest BCUT2D eigenvalue weighted by atomic mass is 19.1. The van der Waals surface area contributed by atoms with Gasteiger partial charge in [-0.25, -0.2) is 8.78 Å². The molecule has 3 saturated heterocycles. The molecule has 2 aromatic heterocycles. The molecule has 6 amide bonds. The first-order valence-corrected chi connectivity index (χ1v) is 27.7. The summed E-state index contributed by atoms with van der Waals surface area (Å²) in [6, 6.07) is 18.9. The van der Waals surface area contributed by atoms with Gasteiger partial charge in [-0.1, -0.05) is 62.3 Å². The molecule has 21 heteroatoms. The Hall–Kier alpha value is -8.07. The van der Waals surface area contributed by atoms with E-state index in [0.29, 0.717) is 97.2 Å². The molecule has 0 spiro atoms. The number of rotatable bonds is 23. The maximum atomic E-state index is 14.0. The number of H-pyrrole nitrogens is 1. The molecule has 6 aromatic rings. The van der Waals surface area contributed by atoms with E-state index in [2.05, 4.69) is 46.7 Å². The van der Waals surface area contributed by atoms with Crippen molar-refractivity contribution in [3.63, 3.8) is 0 Å². The second-order valence-electron chi connectivity index (χ2n) is 20.9. The maximum Gasteiger partial charge on any atom is 0.264 e. The molecule has 4 aromatic carbocycles. The standard InChI is InChI=1S/C58H66F2N12O7/c59-39-30-38(31-40(60)33-39)29-37-14-17-47-46(32-37)54(67-66-47)64-55(75)44-16-15-43(34-49(44)62-41-20-27-79-28-21-41)69-23-25-70(26-24-69)52(74)13-8-6-4-2-1-3-5-7-9-22-71-36-42(65-68-71)35-61-48-12-10-11-45-53(48)58(78)72(57(45)77)50-18-19-51(73)63-56(50)76/h10-12,14-17,30-34,36,41,50,61-62H,1-9,13,18-29,35H2,(H,63,73,76)(H2,64,66,67,75). The van der Waals surface area contributed by atoms with Crippen LogP contribution in [0.2, 0.25) is 0 Å². The first-order chi connectivity index (χ1) is 38.4. The summed E-state index contributed by atoms with van der Waals surface area (Å²) in [6.07, 6.45) is 14.1. The van der Waals surface area contributed by atoms with E-state index < -0.39 is 41.3 Å². The van der Waals surface area contributed by atoms with Crippen molar-refractivity contribution in [2.45, 2.75) is 121 Å². The second kappa shape index (κ2) is 25.2. The number of hydrogen-bond donors (Lipinski definition) is 5. The molecule has 414 valence electrons. The van der Waals surface area contributed by atoms with E-state index in [9.17, 15) is 37.5 Å². The predicted octanol–water partition coefficient (Wildman–Crippen LogP) is 8.13. The van der Waals surface area contributed by atoms with Crippen LogP contribution in [0.5, 0.6) is 0 Å². The lowest BCUT2D eigenvalue weighted by atomic mass is 10.0. The lowest BCUT2D eigenvalue weighted by Crippen LogP contribution is -2.54. The van der Waals surface area contributed by atoms with Gasteiger partial charge in [-0.05, 0) is 104 Å². The number of anilines is 4. The third-order valence-corrected chi connectivity index (χ3v) is 15.3. The van der Waals surface area contributed by atoms with Crippen molar-refractivity contribution < 1.29 is 42.3 Å². The van der Waals surface area contributed by atoms with Crippen molar-refractivity contribution in [2.75, 3.05) is 60.2 Å². The molecule has 5 N–H and O–H groups in total. The Morgan fingerprint density at radius 2 is 1.51 bits per heavy atom. The van der Waals surface area contributed by atoms with Crippen LogP contribution in [0.4, 0.5) is 31.7 Å². The minimum absolute atomic E-state index is 0.0554. The van der Waals surface area contributed by atoms with Crippen LogP contribution in [-0.4, -0.2) is 122 Å². The van der Waals surface area contributed by atoms with Gasteiger partial charge in [0.2, 0.25) is 17.7 Å². The summed E-state index contributed by atoms with van der Waals surface area (Å²) in [6.45, 7) is 4.90. The maximum absolute atomic E-state index is 14.0.